The summed E-state index contributed by atoms with van der Waals surface area (Å²) in [4.78, 5) is 36.2. The van der Waals surface area contributed by atoms with Crippen molar-refractivity contribution in [3.05, 3.63) is 0 Å². The van der Waals surface area contributed by atoms with Crippen LogP contribution in [0, 0.1) is 5.92 Å². The van der Waals surface area contributed by atoms with Gasteiger partial charge >= 0.3 is 5.97 Å². The highest BCUT2D eigenvalue weighted by Gasteiger charge is 2.28. The normalized spacial score (nSPS) is 15.6. The summed E-state index contributed by atoms with van der Waals surface area (Å²) in [5, 5.41) is 14.5. The molecule has 0 aliphatic heterocycles. The molecular formula is C17H34N4O4S. The lowest BCUT2D eigenvalue weighted by Gasteiger charge is -2.24. The topological polar surface area (TPSA) is 148 Å². The Bertz CT molecular complexity index is 450. The fraction of sp³-hybridized carbons (Fsp3) is 0.824. The lowest BCUT2D eigenvalue weighted by atomic mass is 9.99. The van der Waals surface area contributed by atoms with E-state index in [2.05, 4.69) is 10.6 Å². The number of nitrogens with two attached hydrogens (primary N) is 2. The zero-order chi connectivity index (χ0) is 20.1. The van der Waals surface area contributed by atoms with Crippen LogP contribution in [0.25, 0.3) is 0 Å². The minimum absolute atomic E-state index is 0.0118. The van der Waals surface area contributed by atoms with E-state index in [0.29, 0.717) is 38.0 Å². The average Bonchev–Trinajstić information content (AvgIpc) is 2.62. The first-order valence-corrected chi connectivity index (χ1v) is 10.5. The summed E-state index contributed by atoms with van der Waals surface area (Å²) in [6.45, 7) is 4.29. The highest BCUT2D eigenvalue weighted by molar-refractivity contribution is 7.98. The number of aliphatic carboxylic acids is 1. The minimum Gasteiger partial charge on any atom is -0.480 e. The molecule has 0 rings (SSSR count). The molecule has 26 heavy (non-hydrogen) atoms. The van der Waals surface area contributed by atoms with Gasteiger partial charge in [0, 0.05) is 0 Å². The maximum atomic E-state index is 12.5. The lowest BCUT2D eigenvalue weighted by Crippen LogP contribution is -2.55. The summed E-state index contributed by atoms with van der Waals surface area (Å²) in [6.07, 6.45) is 4.65. The molecule has 0 saturated heterocycles. The number of hydrogen-bond acceptors (Lipinski definition) is 6. The number of nitrogens with one attached hydrogen (secondary N) is 2. The van der Waals surface area contributed by atoms with Gasteiger partial charge in [-0.25, -0.2) is 4.79 Å². The number of amides is 2. The zero-order valence-corrected chi connectivity index (χ0v) is 16.8. The molecule has 2 amide bonds. The summed E-state index contributed by atoms with van der Waals surface area (Å²) in [5.74, 6) is -1.34. The van der Waals surface area contributed by atoms with Crippen LogP contribution in [0.2, 0.25) is 0 Å². The van der Waals surface area contributed by atoms with Crippen LogP contribution in [0.3, 0.4) is 0 Å². The molecule has 8 nitrogen and oxygen atoms in total. The molecule has 0 aliphatic rings. The van der Waals surface area contributed by atoms with Crippen molar-refractivity contribution >= 4 is 29.5 Å². The first-order valence-electron chi connectivity index (χ1n) is 9.06. The Morgan fingerprint density at radius 2 is 1.69 bits per heavy atom. The average molecular weight is 391 g/mol. The van der Waals surface area contributed by atoms with Crippen molar-refractivity contribution in [1.82, 2.24) is 10.6 Å². The predicted octanol–water partition coefficient (Wildman–Crippen LogP) is 0.296. The first kappa shape index (κ1) is 24.7. The Hall–Kier alpha value is -1.32. The van der Waals surface area contributed by atoms with Gasteiger partial charge in [0.15, 0.2) is 0 Å². The summed E-state index contributed by atoms with van der Waals surface area (Å²) in [6, 6.07) is -2.50. The molecule has 9 heteroatoms. The van der Waals surface area contributed by atoms with Crippen LogP contribution < -0.4 is 22.1 Å². The lowest BCUT2D eigenvalue weighted by molar-refractivity contribution is -0.142. The molecular weight excluding hydrogens is 356 g/mol. The van der Waals surface area contributed by atoms with E-state index >= 15 is 0 Å². The molecule has 0 aliphatic carbocycles. The fourth-order valence-electron chi connectivity index (χ4n) is 2.31. The van der Waals surface area contributed by atoms with Crippen molar-refractivity contribution < 1.29 is 19.5 Å². The number of hydrogen-bond donors (Lipinski definition) is 5. The van der Waals surface area contributed by atoms with Gasteiger partial charge in [-0.05, 0) is 50.2 Å². The van der Waals surface area contributed by atoms with E-state index in [4.69, 9.17) is 11.5 Å². The van der Waals surface area contributed by atoms with E-state index in [1.807, 2.05) is 20.1 Å². The van der Waals surface area contributed by atoms with E-state index < -0.39 is 35.9 Å². The Kier molecular flexibility index (Phi) is 13.1. The SMILES string of the molecule is CC[C@H](C)[C@H](N)C(=O)N[C@@H](CCSC)C(=O)N[C@@H](CCCCN)C(=O)O. The standard InChI is InChI=1S/C17H34N4O4S/c1-4-11(2)14(19)16(23)20-12(8-10-26-3)15(22)21-13(17(24)25)7-5-6-9-18/h11-14H,4-10,18-19H2,1-3H3,(H,20,23)(H,21,22)(H,24,25)/t11-,12-,13-,14-/m0/s1. The van der Waals surface area contributed by atoms with Crippen molar-refractivity contribution in [2.24, 2.45) is 17.4 Å². The molecule has 0 aromatic carbocycles. The Labute approximate surface area is 160 Å². The molecule has 152 valence electrons. The quantitative estimate of drug-likeness (QED) is 0.268. The third-order valence-corrected chi connectivity index (χ3v) is 5.01. The van der Waals surface area contributed by atoms with Crippen molar-refractivity contribution in [2.75, 3.05) is 18.6 Å². The van der Waals surface area contributed by atoms with E-state index in [1.165, 1.54) is 0 Å². The first-order chi connectivity index (χ1) is 12.3. The zero-order valence-electron chi connectivity index (χ0n) is 16.0. The number of carboxylic acids is 1. The monoisotopic (exact) mass is 390 g/mol. The number of unbranched alkanes of at least 4 members (excludes halogenated alkanes) is 1. The van der Waals surface area contributed by atoms with Crippen molar-refractivity contribution in [2.45, 2.75) is 64.1 Å². The molecule has 0 heterocycles. The van der Waals surface area contributed by atoms with Gasteiger partial charge in [0.2, 0.25) is 11.8 Å². The van der Waals surface area contributed by atoms with Crippen LogP contribution in [0.15, 0.2) is 0 Å². The summed E-state index contributed by atoms with van der Waals surface area (Å²) in [7, 11) is 0. The van der Waals surface area contributed by atoms with Gasteiger partial charge in [0.25, 0.3) is 0 Å². The van der Waals surface area contributed by atoms with E-state index in [-0.39, 0.29) is 5.92 Å². The van der Waals surface area contributed by atoms with E-state index in [1.54, 1.807) is 11.8 Å². The van der Waals surface area contributed by atoms with E-state index in [9.17, 15) is 19.5 Å². The second-order valence-electron chi connectivity index (χ2n) is 6.44. The minimum atomic E-state index is -1.10. The number of thioether (sulfide) groups is 1. The second-order valence-corrected chi connectivity index (χ2v) is 7.42. The fourth-order valence-corrected chi connectivity index (χ4v) is 2.78. The van der Waals surface area contributed by atoms with Gasteiger partial charge in [0.1, 0.15) is 12.1 Å². The van der Waals surface area contributed by atoms with Crippen molar-refractivity contribution in [3.63, 3.8) is 0 Å². The maximum Gasteiger partial charge on any atom is 0.326 e. The van der Waals surface area contributed by atoms with Gasteiger partial charge in [-0.3, -0.25) is 9.59 Å². The third-order valence-electron chi connectivity index (χ3n) is 4.36. The van der Waals surface area contributed by atoms with Gasteiger partial charge in [-0.1, -0.05) is 20.3 Å². The van der Waals surface area contributed by atoms with Gasteiger partial charge in [-0.2, -0.15) is 11.8 Å². The molecule has 0 radical (unpaired) electrons. The molecule has 4 atom stereocenters. The second kappa shape index (κ2) is 13.8. The maximum absolute atomic E-state index is 12.5. The van der Waals surface area contributed by atoms with Gasteiger partial charge in [0.05, 0.1) is 6.04 Å². The molecule has 0 aromatic heterocycles. The Morgan fingerprint density at radius 1 is 1.08 bits per heavy atom. The third kappa shape index (κ3) is 9.40. The predicted molar refractivity (Wildman–Crippen MR) is 105 cm³/mol. The molecule has 0 fully saturated rings. The molecule has 0 unspecified atom stereocenters. The number of carboxylic acid groups (broad SMARTS) is 1. The van der Waals surface area contributed by atoms with Crippen molar-refractivity contribution in [3.8, 4) is 0 Å². The van der Waals surface area contributed by atoms with Crippen molar-refractivity contribution in [1.29, 1.82) is 0 Å². The molecule has 0 spiro atoms. The largest absolute Gasteiger partial charge is 0.480 e. The van der Waals surface area contributed by atoms with E-state index in [0.717, 1.165) is 6.42 Å². The molecule has 0 saturated carbocycles. The van der Waals surface area contributed by atoms with Crippen LogP contribution >= 0.6 is 11.8 Å². The summed E-state index contributed by atoms with van der Waals surface area (Å²) < 4.78 is 0. The van der Waals surface area contributed by atoms with Crippen LogP contribution in [0.1, 0.15) is 46.0 Å². The summed E-state index contributed by atoms with van der Waals surface area (Å²) in [5.41, 5.74) is 11.3. The number of carbonyl (C=O) groups is 3. The molecule has 0 bridgehead atoms. The van der Waals surface area contributed by atoms with Crippen LogP contribution in [-0.2, 0) is 14.4 Å². The smallest absolute Gasteiger partial charge is 0.326 e. The van der Waals surface area contributed by atoms with Gasteiger partial charge in [-0.15, -0.1) is 0 Å². The number of carbonyl (C=O) groups excluding carboxylic acids is 2. The Morgan fingerprint density at radius 3 is 2.19 bits per heavy atom. The summed E-state index contributed by atoms with van der Waals surface area (Å²) >= 11 is 1.54. The number of rotatable bonds is 14. The van der Waals surface area contributed by atoms with Crippen LogP contribution in [0.5, 0.6) is 0 Å². The Balaban J connectivity index is 4.94. The van der Waals surface area contributed by atoms with Crippen LogP contribution in [-0.4, -0.2) is 59.6 Å². The molecule has 0 aromatic rings. The highest BCUT2D eigenvalue weighted by Crippen LogP contribution is 2.08. The van der Waals surface area contributed by atoms with Crippen LogP contribution in [0.4, 0.5) is 0 Å². The highest BCUT2D eigenvalue weighted by atomic mass is 32.2. The van der Waals surface area contributed by atoms with Gasteiger partial charge < -0.3 is 27.2 Å². The molecule has 7 N–H and O–H groups in total.